The molecular weight excluding hydrogens is 464 g/mol. The Labute approximate surface area is 195 Å². The first kappa shape index (κ1) is 23.3. The fraction of sp³-hybridized carbons (Fsp3) is 0.217. The molecule has 4 rings (SSSR count). The number of nitrogens with zero attached hydrogens (tertiary/aromatic N) is 1. The van der Waals surface area contributed by atoms with Crippen molar-refractivity contribution in [3.05, 3.63) is 65.0 Å². The van der Waals surface area contributed by atoms with Crippen molar-refractivity contribution in [3.63, 3.8) is 0 Å². The maximum absolute atomic E-state index is 12.9. The molecular formula is C23H22N2O8S. The number of methoxy groups -OCH3 is 1. The standard InChI is InChI=1S/C23H22N2O8S/c1-13-8-17(14(2)25(13)15-4-6-21-22(9-15)33-12-32-21)19(26)11-31-23(27)18-10-16(34(24,28)29)5-7-20(18)30-3/h4-10H,11-12H2,1-3H3,(H2,24,28,29). The van der Waals surface area contributed by atoms with E-state index in [0.29, 0.717) is 22.8 Å². The van der Waals surface area contributed by atoms with E-state index >= 15 is 0 Å². The van der Waals surface area contributed by atoms with Crippen molar-refractivity contribution in [2.75, 3.05) is 20.5 Å². The van der Waals surface area contributed by atoms with Gasteiger partial charge in [0, 0.05) is 28.7 Å². The highest BCUT2D eigenvalue weighted by atomic mass is 32.2. The first-order valence-electron chi connectivity index (χ1n) is 10.1. The van der Waals surface area contributed by atoms with E-state index in [2.05, 4.69) is 0 Å². The van der Waals surface area contributed by atoms with Crippen LogP contribution in [0, 0.1) is 13.8 Å². The number of aromatic nitrogens is 1. The van der Waals surface area contributed by atoms with E-state index in [4.69, 9.17) is 24.1 Å². The molecule has 2 N–H and O–H groups in total. The van der Waals surface area contributed by atoms with Gasteiger partial charge in [0.25, 0.3) is 0 Å². The normalized spacial score (nSPS) is 12.5. The van der Waals surface area contributed by atoms with Gasteiger partial charge in [0.15, 0.2) is 18.1 Å². The molecule has 178 valence electrons. The van der Waals surface area contributed by atoms with E-state index in [1.165, 1.54) is 19.2 Å². The van der Waals surface area contributed by atoms with Crippen molar-refractivity contribution >= 4 is 21.8 Å². The van der Waals surface area contributed by atoms with Gasteiger partial charge in [-0.15, -0.1) is 0 Å². The second-order valence-electron chi connectivity index (χ2n) is 7.56. The lowest BCUT2D eigenvalue weighted by molar-refractivity contribution is 0.0471. The van der Waals surface area contributed by atoms with Crippen molar-refractivity contribution in [1.29, 1.82) is 0 Å². The molecule has 1 aromatic heterocycles. The van der Waals surface area contributed by atoms with E-state index in [0.717, 1.165) is 17.4 Å². The predicted octanol–water partition coefficient (Wildman–Crippen LogP) is 2.52. The van der Waals surface area contributed by atoms with Crippen molar-refractivity contribution in [2.45, 2.75) is 18.7 Å². The molecule has 0 saturated heterocycles. The Hall–Kier alpha value is -3.83. The summed E-state index contributed by atoms with van der Waals surface area (Å²) in [6, 6.07) is 10.7. The van der Waals surface area contributed by atoms with Crippen molar-refractivity contribution in [1.82, 2.24) is 4.57 Å². The van der Waals surface area contributed by atoms with Crippen LogP contribution < -0.4 is 19.3 Å². The van der Waals surface area contributed by atoms with Gasteiger partial charge in [-0.25, -0.2) is 18.4 Å². The number of sulfonamides is 1. The molecule has 0 amide bonds. The van der Waals surface area contributed by atoms with Crippen molar-refractivity contribution < 1.29 is 37.0 Å². The third-order valence-corrected chi connectivity index (χ3v) is 6.31. The van der Waals surface area contributed by atoms with Crippen LogP contribution in [0.5, 0.6) is 17.2 Å². The summed E-state index contributed by atoms with van der Waals surface area (Å²) >= 11 is 0. The van der Waals surface area contributed by atoms with Gasteiger partial charge < -0.3 is 23.5 Å². The fourth-order valence-corrected chi connectivity index (χ4v) is 4.32. The molecule has 0 radical (unpaired) electrons. The van der Waals surface area contributed by atoms with Gasteiger partial charge in [-0.1, -0.05) is 0 Å². The van der Waals surface area contributed by atoms with Crippen LogP contribution in [0.15, 0.2) is 47.4 Å². The number of fused-ring (bicyclic) bond motifs is 1. The molecule has 34 heavy (non-hydrogen) atoms. The minimum Gasteiger partial charge on any atom is -0.496 e. The molecule has 0 unspecified atom stereocenters. The topological polar surface area (TPSA) is 136 Å². The number of Topliss-reactive ketones (excluding diaryl/α,β-unsaturated/α-hetero) is 1. The number of aryl methyl sites for hydroxylation is 1. The number of ketones is 1. The lowest BCUT2D eigenvalue weighted by atomic mass is 10.1. The monoisotopic (exact) mass is 486 g/mol. The molecule has 0 atom stereocenters. The van der Waals surface area contributed by atoms with Gasteiger partial charge in [0.1, 0.15) is 11.3 Å². The molecule has 0 bridgehead atoms. The van der Waals surface area contributed by atoms with Gasteiger partial charge in [0.2, 0.25) is 22.6 Å². The van der Waals surface area contributed by atoms with E-state index < -0.39 is 28.4 Å². The summed E-state index contributed by atoms with van der Waals surface area (Å²) in [5.41, 5.74) is 2.47. The third-order valence-electron chi connectivity index (χ3n) is 5.40. The Bertz CT molecular complexity index is 1410. The van der Waals surface area contributed by atoms with Crippen molar-refractivity contribution in [2.24, 2.45) is 5.14 Å². The SMILES string of the molecule is COc1ccc(S(N)(=O)=O)cc1C(=O)OCC(=O)c1cc(C)n(-c2ccc3c(c2)OCO3)c1C. The van der Waals surface area contributed by atoms with Crippen LogP contribution in [0.4, 0.5) is 0 Å². The second-order valence-corrected chi connectivity index (χ2v) is 9.13. The number of carbonyl (C=O) groups excluding carboxylic acids is 2. The summed E-state index contributed by atoms with van der Waals surface area (Å²) in [4.78, 5) is 25.2. The number of benzene rings is 2. The Morgan fingerprint density at radius 1 is 1.03 bits per heavy atom. The number of nitrogens with two attached hydrogens (primary N) is 1. The quantitative estimate of drug-likeness (QED) is 0.397. The maximum atomic E-state index is 12.9. The van der Waals surface area contributed by atoms with Crippen LogP contribution in [0.1, 0.15) is 32.1 Å². The molecule has 2 heterocycles. The summed E-state index contributed by atoms with van der Waals surface area (Å²) in [6.45, 7) is 3.24. The molecule has 1 aliphatic rings. The van der Waals surface area contributed by atoms with E-state index in [-0.39, 0.29) is 23.0 Å². The number of carbonyl (C=O) groups is 2. The summed E-state index contributed by atoms with van der Waals surface area (Å²) in [5, 5.41) is 5.13. The largest absolute Gasteiger partial charge is 0.496 e. The second kappa shape index (κ2) is 8.84. The summed E-state index contributed by atoms with van der Waals surface area (Å²) in [6.07, 6.45) is 0. The smallest absolute Gasteiger partial charge is 0.342 e. The highest BCUT2D eigenvalue weighted by molar-refractivity contribution is 7.89. The molecule has 0 saturated carbocycles. The lowest BCUT2D eigenvalue weighted by Crippen LogP contribution is -2.17. The molecule has 0 spiro atoms. The van der Waals surface area contributed by atoms with Crippen LogP contribution in [-0.2, 0) is 14.8 Å². The average molecular weight is 487 g/mol. The highest BCUT2D eigenvalue weighted by Crippen LogP contribution is 2.35. The number of hydrogen-bond donors (Lipinski definition) is 1. The molecule has 3 aromatic rings. The van der Waals surface area contributed by atoms with Gasteiger partial charge in [0.05, 0.1) is 12.0 Å². The van der Waals surface area contributed by atoms with E-state index in [1.54, 1.807) is 19.1 Å². The summed E-state index contributed by atoms with van der Waals surface area (Å²) in [5.74, 6) is 0.0139. The number of esters is 1. The van der Waals surface area contributed by atoms with Crippen molar-refractivity contribution in [3.8, 4) is 22.9 Å². The lowest BCUT2D eigenvalue weighted by Gasteiger charge is -2.11. The third kappa shape index (κ3) is 4.35. The van der Waals surface area contributed by atoms with Crippen LogP contribution in [0.2, 0.25) is 0 Å². The summed E-state index contributed by atoms with van der Waals surface area (Å²) < 4.78 is 46.2. The number of rotatable bonds is 7. The summed E-state index contributed by atoms with van der Waals surface area (Å²) in [7, 11) is -2.73. The molecule has 0 aliphatic carbocycles. The Balaban J connectivity index is 1.54. The molecule has 11 heteroatoms. The minimum atomic E-state index is -4.05. The Kier molecular flexibility index (Phi) is 6.07. The first-order valence-corrected chi connectivity index (χ1v) is 11.6. The Morgan fingerprint density at radius 3 is 2.47 bits per heavy atom. The van der Waals surface area contributed by atoms with Gasteiger partial charge in [-0.2, -0.15) is 0 Å². The fourth-order valence-electron chi connectivity index (χ4n) is 3.78. The number of primary sulfonamides is 1. The van der Waals surface area contributed by atoms with Gasteiger partial charge in [-0.05, 0) is 50.2 Å². The zero-order valence-corrected chi connectivity index (χ0v) is 19.5. The van der Waals surface area contributed by atoms with Crippen LogP contribution in [-0.4, -0.2) is 45.2 Å². The van der Waals surface area contributed by atoms with E-state index in [9.17, 15) is 18.0 Å². The van der Waals surface area contributed by atoms with Crippen LogP contribution in [0.25, 0.3) is 5.69 Å². The van der Waals surface area contributed by atoms with Gasteiger partial charge >= 0.3 is 5.97 Å². The zero-order chi connectivity index (χ0) is 24.6. The number of hydrogen-bond acceptors (Lipinski definition) is 8. The first-order chi connectivity index (χ1) is 16.1. The van der Waals surface area contributed by atoms with Crippen LogP contribution >= 0.6 is 0 Å². The zero-order valence-electron chi connectivity index (χ0n) is 18.7. The molecule has 2 aromatic carbocycles. The average Bonchev–Trinajstić information content (AvgIpc) is 3.39. The van der Waals surface area contributed by atoms with Crippen LogP contribution in [0.3, 0.4) is 0 Å². The molecule has 1 aliphatic heterocycles. The van der Waals surface area contributed by atoms with Gasteiger partial charge in [-0.3, -0.25) is 4.79 Å². The molecule has 10 nitrogen and oxygen atoms in total. The maximum Gasteiger partial charge on any atom is 0.342 e. The highest BCUT2D eigenvalue weighted by Gasteiger charge is 2.23. The number of ether oxygens (including phenoxy) is 4. The van der Waals surface area contributed by atoms with E-state index in [1.807, 2.05) is 23.6 Å². The minimum absolute atomic E-state index is 0.0887. The molecule has 0 fully saturated rings. The predicted molar refractivity (Wildman–Crippen MR) is 120 cm³/mol. The Morgan fingerprint density at radius 2 is 1.76 bits per heavy atom.